The van der Waals surface area contributed by atoms with Gasteiger partial charge in [0.05, 0.1) is 32.0 Å². The Balaban J connectivity index is 1.60. The topological polar surface area (TPSA) is 93.1 Å². The largest absolute Gasteiger partial charge is 0.497 e. The van der Waals surface area contributed by atoms with Crippen LogP contribution in [0.15, 0.2) is 59.7 Å². The number of anilines is 2. The summed E-state index contributed by atoms with van der Waals surface area (Å²) in [7, 11) is 3.08. The van der Waals surface area contributed by atoms with Gasteiger partial charge in [-0.3, -0.25) is 14.5 Å². The molecule has 0 saturated carbocycles. The van der Waals surface area contributed by atoms with Crippen LogP contribution in [0.5, 0.6) is 11.5 Å². The number of carbonyl (C=O) groups excluding carboxylic acids is 2. The first kappa shape index (κ1) is 23.3. The normalized spacial score (nSPS) is 13.0. The Bertz CT molecular complexity index is 1270. The van der Waals surface area contributed by atoms with E-state index in [0.29, 0.717) is 39.4 Å². The summed E-state index contributed by atoms with van der Waals surface area (Å²) in [6.45, 7) is 1.59. The molecule has 4 rings (SSSR count). The number of nitrogens with zero attached hydrogens (tertiary/aromatic N) is 3. The van der Waals surface area contributed by atoms with Crippen LogP contribution in [0, 0.1) is 6.92 Å². The highest BCUT2D eigenvalue weighted by Gasteiger charge is 2.28. The minimum Gasteiger partial charge on any atom is -0.497 e. The van der Waals surface area contributed by atoms with Gasteiger partial charge in [0, 0.05) is 17.3 Å². The van der Waals surface area contributed by atoms with Crippen molar-refractivity contribution in [2.45, 2.75) is 13.3 Å². The minimum absolute atomic E-state index is 0.0132. The van der Waals surface area contributed by atoms with Crippen molar-refractivity contribution in [3.8, 4) is 11.5 Å². The van der Waals surface area contributed by atoms with E-state index in [2.05, 4.69) is 15.3 Å². The summed E-state index contributed by atoms with van der Waals surface area (Å²) in [6.07, 6.45) is 1.58. The van der Waals surface area contributed by atoms with Crippen LogP contribution in [0.25, 0.3) is 0 Å². The number of hydrogen-bond acceptors (Lipinski definition) is 6. The number of carbonyl (C=O) groups is 2. The number of fused-ring (bicyclic) bond motifs is 1. The Hall–Kier alpha value is -3.91. The molecule has 1 aliphatic rings. The third-order valence-corrected chi connectivity index (χ3v) is 5.78. The molecule has 0 saturated heterocycles. The van der Waals surface area contributed by atoms with Crippen molar-refractivity contribution in [1.29, 1.82) is 0 Å². The van der Waals surface area contributed by atoms with Gasteiger partial charge >= 0.3 is 0 Å². The fraction of sp³-hybridized carbons (Fsp3) is 0.200. The third-order valence-electron chi connectivity index (χ3n) is 5.38. The number of aromatic nitrogens is 1. The zero-order valence-electron chi connectivity index (χ0n) is 19.0. The molecule has 8 nitrogen and oxygen atoms in total. The zero-order valence-corrected chi connectivity index (χ0v) is 19.7. The Morgan fingerprint density at radius 1 is 1.15 bits per heavy atom. The molecule has 0 spiro atoms. The van der Waals surface area contributed by atoms with Crippen LogP contribution in [0.1, 0.15) is 17.5 Å². The Labute approximate surface area is 202 Å². The first-order chi connectivity index (χ1) is 16.4. The molecule has 34 heavy (non-hydrogen) atoms. The molecular formula is C25H23ClN4O4. The highest BCUT2D eigenvalue weighted by atomic mass is 35.5. The number of hydrogen-bond donors (Lipinski definition) is 1. The first-order valence-electron chi connectivity index (χ1n) is 10.5. The van der Waals surface area contributed by atoms with E-state index < -0.39 is 5.91 Å². The second kappa shape index (κ2) is 9.93. The molecule has 2 amide bonds. The number of aryl methyl sites for hydroxylation is 1. The molecule has 0 atom stereocenters. The molecule has 2 heterocycles. The van der Waals surface area contributed by atoms with Gasteiger partial charge in [-0.15, -0.1) is 0 Å². The molecule has 0 fully saturated rings. The summed E-state index contributed by atoms with van der Waals surface area (Å²) in [6, 6.07) is 14.2. The standard InChI is InChI=1S/C25H23ClN4O4/c1-15-11-21(22(34-3)12-18(15)26)29-23(31)14-30-24(32)13-20(16-6-8-17(33-2)9-7-16)28-19-5-4-10-27-25(19)30/h4-12H,13-14H2,1-3H3,(H,29,31). The predicted molar refractivity (Wildman–Crippen MR) is 132 cm³/mol. The second-order valence-corrected chi connectivity index (χ2v) is 8.05. The average molecular weight is 479 g/mol. The molecule has 1 aliphatic heterocycles. The van der Waals surface area contributed by atoms with Crippen molar-refractivity contribution >= 4 is 46.3 Å². The number of ether oxygens (including phenoxy) is 2. The molecule has 0 aliphatic carbocycles. The van der Waals surface area contributed by atoms with Gasteiger partial charge in [0.25, 0.3) is 0 Å². The molecule has 0 bridgehead atoms. The Morgan fingerprint density at radius 2 is 1.91 bits per heavy atom. The predicted octanol–water partition coefficient (Wildman–Crippen LogP) is 4.56. The monoisotopic (exact) mass is 478 g/mol. The van der Waals surface area contributed by atoms with Crippen molar-refractivity contribution in [2.75, 3.05) is 31.0 Å². The van der Waals surface area contributed by atoms with Crippen molar-refractivity contribution in [1.82, 2.24) is 4.98 Å². The zero-order chi connectivity index (χ0) is 24.2. The van der Waals surface area contributed by atoms with Crippen LogP contribution in [0.2, 0.25) is 5.02 Å². The number of amides is 2. The Morgan fingerprint density at radius 3 is 2.62 bits per heavy atom. The lowest BCUT2D eigenvalue weighted by atomic mass is 10.1. The van der Waals surface area contributed by atoms with E-state index in [-0.39, 0.29) is 18.9 Å². The van der Waals surface area contributed by atoms with Gasteiger partial charge in [0.2, 0.25) is 11.8 Å². The second-order valence-electron chi connectivity index (χ2n) is 7.64. The fourth-order valence-electron chi connectivity index (χ4n) is 3.60. The maximum absolute atomic E-state index is 13.3. The van der Waals surface area contributed by atoms with E-state index in [0.717, 1.165) is 11.1 Å². The maximum atomic E-state index is 13.3. The molecule has 9 heteroatoms. The van der Waals surface area contributed by atoms with Crippen molar-refractivity contribution in [3.63, 3.8) is 0 Å². The summed E-state index contributed by atoms with van der Waals surface area (Å²) >= 11 is 6.16. The van der Waals surface area contributed by atoms with Crippen LogP contribution in [0.4, 0.5) is 17.2 Å². The molecule has 3 aromatic rings. The lowest BCUT2D eigenvalue weighted by Crippen LogP contribution is -2.39. The van der Waals surface area contributed by atoms with E-state index >= 15 is 0 Å². The molecule has 174 valence electrons. The number of aliphatic imine (C=N–C) groups is 1. The highest BCUT2D eigenvalue weighted by Crippen LogP contribution is 2.33. The van der Waals surface area contributed by atoms with Gasteiger partial charge in [-0.25, -0.2) is 9.98 Å². The number of halogens is 1. The lowest BCUT2D eigenvalue weighted by molar-refractivity contribution is -0.120. The van der Waals surface area contributed by atoms with E-state index in [9.17, 15) is 9.59 Å². The fourth-order valence-corrected chi connectivity index (χ4v) is 3.76. The summed E-state index contributed by atoms with van der Waals surface area (Å²) in [5.74, 6) is 0.761. The minimum atomic E-state index is -0.405. The molecule has 0 unspecified atom stereocenters. The van der Waals surface area contributed by atoms with Gasteiger partial charge in [-0.1, -0.05) is 11.6 Å². The number of benzene rings is 2. The lowest BCUT2D eigenvalue weighted by Gasteiger charge is -2.21. The van der Waals surface area contributed by atoms with Crippen molar-refractivity contribution in [2.24, 2.45) is 4.99 Å². The van der Waals surface area contributed by atoms with E-state index in [1.807, 2.05) is 31.2 Å². The quantitative estimate of drug-likeness (QED) is 0.560. The average Bonchev–Trinajstić information content (AvgIpc) is 2.97. The van der Waals surface area contributed by atoms with Crippen molar-refractivity contribution in [3.05, 3.63) is 70.9 Å². The highest BCUT2D eigenvalue weighted by molar-refractivity contribution is 6.31. The van der Waals surface area contributed by atoms with Gasteiger partial charge in [0.1, 0.15) is 23.7 Å². The van der Waals surface area contributed by atoms with Crippen LogP contribution >= 0.6 is 11.6 Å². The van der Waals surface area contributed by atoms with Crippen LogP contribution < -0.4 is 19.7 Å². The number of pyridine rings is 1. The van der Waals surface area contributed by atoms with Crippen LogP contribution in [-0.4, -0.2) is 43.3 Å². The van der Waals surface area contributed by atoms with Gasteiger partial charge in [0.15, 0.2) is 5.82 Å². The van der Waals surface area contributed by atoms with E-state index in [4.69, 9.17) is 21.1 Å². The molecular weight excluding hydrogens is 456 g/mol. The van der Waals surface area contributed by atoms with Gasteiger partial charge in [-0.05, 0) is 60.5 Å². The molecule has 2 aromatic carbocycles. The SMILES string of the molecule is COc1ccc(C2=Nc3cccnc3N(CC(=O)Nc3cc(C)c(Cl)cc3OC)C(=O)C2)cc1. The first-order valence-corrected chi connectivity index (χ1v) is 10.9. The smallest absolute Gasteiger partial charge is 0.244 e. The van der Waals surface area contributed by atoms with Gasteiger partial charge < -0.3 is 14.8 Å². The maximum Gasteiger partial charge on any atom is 0.244 e. The van der Waals surface area contributed by atoms with Crippen LogP contribution in [0.3, 0.4) is 0 Å². The van der Waals surface area contributed by atoms with Crippen molar-refractivity contribution < 1.29 is 19.1 Å². The molecule has 0 radical (unpaired) electrons. The summed E-state index contributed by atoms with van der Waals surface area (Å²) in [5, 5.41) is 3.34. The summed E-state index contributed by atoms with van der Waals surface area (Å²) in [4.78, 5) is 36.6. The summed E-state index contributed by atoms with van der Waals surface area (Å²) < 4.78 is 10.5. The number of nitrogens with one attached hydrogen (secondary N) is 1. The Kier molecular flexibility index (Phi) is 6.79. The summed E-state index contributed by atoms with van der Waals surface area (Å²) in [5.41, 5.74) is 3.13. The number of rotatable bonds is 6. The number of methoxy groups -OCH3 is 2. The third kappa shape index (κ3) is 4.87. The van der Waals surface area contributed by atoms with E-state index in [1.165, 1.54) is 12.0 Å². The van der Waals surface area contributed by atoms with E-state index in [1.54, 1.807) is 37.6 Å². The molecule has 1 N–H and O–H groups in total. The van der Waals surface area contributed by atoms with Crippen LogP contribution in [-0.2, 0) is 9.59 Å². The van der Waals surface area contributed by atoms with Gasteiger partial charge in [-0.2, -0.15) is 0 Å². The molecule has 1 aromatic heterocycles.